The molecule has 3 aromatic rings. The number of anilines is 1. The zero-order valence-electron chi connectivity index (χ0n) is 14.6. The number of nitrogens with one attached hydrogen (secondary N) is 1. The molecule has 0 spiro atoms. The van der Waals surface area contributed by atoms with Gasteiger partial charge >= 0.3 is 5.97 Å². The summed E-state index contributed by atoms with van der Waals surface area (Å²) in [6.07, 6.45) is 4.19. The van der Waals surface area contributed by atoms with E-state index in [0.29, 0.717) is 25.4 Å². The van der Waals surface area contributed by atoms with Crippen LogP contribution in [0.1, 0.15) is 19.4 Å². The molecule has 1 aliphatic rings. The lowest BCUT2D eigenvalue weighted by molar-refractivity contribution is -0.145. The molecule has 1 aromatic carbocycles. The third kappa shape index (κ3) is 2.80. The molecule has 0 amide bonds. The standard InChI is InChI=1S/C19H21N5O2/c1-2-26-19(25)15-8-13(9-21-15)24-10-14(12-6-4-3-5-7-12)16-17(20)22-11-23-18(16)24/h3-7,10-11,13,15,21H,2,8-9H2,1H3,(H2,20,22,23)/t13-,15-/m1/s1. The van der Waals surface area contributed by atoms with Crippen molar-refractivity contribution in [1.29, 1.82) is 0 Å². The Kier molecular flexibility index (Phi) is 4.30. The fourth-order valence-corrected chi connectivity index (χ4v) is 3.57. The van der Waals surface area contributed by atoms with Crippen LogP contribution < -0.4 is 11.1 Å². The summed E-state index contributed by atoms with van der Waals surface area (Å²) in [5.74, 6) is 0.254. The summed E-state index contributed by atoms with van der Waals surface area (Å²) >= 11 is 0. The van der Waals surface area contributed by atoms with Crippen molar-refractivity contribution in [3.05, 3.63) is 42.9 Å². The number of fused-ring (bicyclic) bond motifs is 1. The topological polar surface area (TPSA) is 95.1 Å². The first-order valence-corrected chi connectivity index (χ1v) is 8.75. The number of nitrogens with two attached hydrogens (primary N) is 1. The Morgan fingerprint density at radius 1 is 1.35 bits per heavy atom. The number of nitrogen functional groups attached to an aromatic ring is 1. The first-order chi connectivity index (χ1) is 12.7. The van der Waals surface area contributed by atoms with E-state index in [1.54, 1.807) is 0 Å². The first-order valence-electron chi connectivity index (χ1n) is 8.75. The molecule has 1 fully saturated rings. The maximum Gasteiger partial charge on any atom is 0.323 e. The van der Waals surface area contributed by atoms with Crippen LogP contribution in [0, 0.1) is 0 Å². The fourth-order valence-electron chi connectivity index (χ4n) is 3.57. The summed E-state index contributed by atoms with van der Waals surface area (Å²) in [5, 5.41) is 4.09. The van der Waals surface area contributed by atoms with Crippen molar-refractivity contribution in [2.75, 3.05) is 18.9 Å². The summed E-state index contributed by atoms with van der Waals surface area (Å²) in [6.45, 7) is 2.87. The van der Waals surface area contributed by atoms with Crippen LogP contribution in [-0.2, 0) is 9.53 Å². The second-order valence-corrected chi connectivity index (χ2v) is 6.38. The lowest BCUT2D eigenvalue weighted by Gasteiger charge is -2.12. The van der Waals surface area contributed by atoms with Crippen molar-refractivity contribution in [2.45, 2.75) is 25.4 Å². The summed E-state index contributed by atoms with van der Waals surface area (Å²) < 4.78 is 7.23. The Hall–Kier alpha value is -2.93. The minimum absolute atomic E-state index is 0.0960. The molecule has 7 nitrogen and oxygen atoms in total. The van der Waals surface area contributed by atoms with Gasteiger partial charge in [0.2, 0.25) is 0 Å². The molecule has 0 aliphatic carbocycles. The summed E-state index contributed by atoms with van der Waals surface area (Å²) in [4.78, 5) is 20.7. The van der Waals surface area contributed by atoms with Crippen molar-refractivity contribution in [3.8, 4) is 11.1 Å². The average Bonchev–Trinajstić information content (AvgIpc) is 3.28. The van der Waals surface area contributed by atoms with Crippen LogP contribution in [0.25, 0.3) is 22.2 Å². The van der Waals surface area contributed by atoms with Crippen LogP contribution in [0.3, 0.4) is 0 Å². The molecule has 0 saturated carbocycles. The van der Waals surface area contributed by atoms with Crippen molar-refractivity contribution in [2.24, 2.45) is 0 Å². The second kappa shape index (κ2) is 6.76. The Labute approximate surface area is 151 Å². The zero-order chi connectivity index (χ0) is 18.1. The lowest BCUT2D eigenvalue weighted by atomic mass is 10.1. The molecule has 2 atom stereocenters. The Balaban J connectivity index is 1.75. The first kappa shape index (κ1) is 16.5. The van der Waals surface area contributed by atoms with Gasteiger partial charge < -0.3 is 20.4 Å². The van der Waals surface area contributed by atoms with E-state index in [4.69, 9.17) is 10.5 Å². The number of hydrogen-bond acceptors (Lipinski definition) is 6. The van der Waals surface area contributed by atoms with Gasteiger partial charge in [0.15, 0.2) is 0 Å². The molecule has 7 heteroatoms. The molecular weight excluding hydrogens is 330 g/mol. The molecule has 3 N–H and O–H groups in total. The van der Waals surface area contributed by atoms with E-state index in [1.807, 2.05) is 37.3 Å². The highest BCUT2D eigenvalue weighted by molar-refractivity contribution is 6.00. The highest BCUT2D eigenvalue weighted by Gasteiger charge is 2.32. The van der Waals surface area contributed by atoms with Crippen molar-refractivity contribution in [3.63, 3.8) is 0 Å². The van der Waals surface area contributed by atoms with Crippen LogP contribution in [0.15, 0.2) is 42.9 Å². The number of carbonyl (C=O) groups excluding carboxylic acids is 1. The third-order valence-electron chi connectivity index (χ3n) is 4.80. The summed E-state index contributed by atoms with van der Waals surface area (Å²) in [6, 6.07) is 9.85. The number of aromatic nitrogens is 3. The molecule has 0 radical (unpaired) electrons. The summed E-state index contributed by atoms with van der Waals surface area (Å²) in [5.41, 5.74) is 9.01. The van der Waals surface area contributed by atoms with Gasteiger partial charge in [-0.2, -0.15) is 0 Å². The van der Waals surface area contributed by atoms with E-state index < -0.39 is 0 Å². The van der Waals surface area contributed by atoms with Gasteiger partial charge in [-0.1, -0.05) is 30.3 Å². The molecule has 1 aliphatic heterocycles. The second-order valence-electron chi connectivity index (χ2n) is 6.38. The van der Waals surface area contributed by atoms with E-state index >= 15 is 0 Å². The fraction of sp³-hybridized carbons (Fsp3) is 0.316. The van der Waals surface area contributed by atoms with Crippen molar-refractivity contribution < 1.29 is 9.53 Å². The molecule has 134 valence electrons. The predicted octanol–water partition coefficient (Wildman–Crippen LogP) is 2.15. The smallest absolute Gasteiger partial charge is 0.323 e. The Morgan fingerprint density at radius 3 is 2.92 bits per heavy atom. The van der Waals surface area contributed by atoms with Gasteiger partial charge in [0.05, 0.1) is 12.0 Å². The minimum Gasteiger partial charge on any atom is -0.465 e. The van der Waals surface area contributed by atoms with E-state index in [-0.39, 0.29) is 18.1 Å². The molecule has 26 heavy (non-hydrogen) atoms. The molecule has 4 rings (SSSR count). The van der Waals surface area contributed by atoms with Gasteiger partial charge in [0.25, 0.3) is 0 Å². The third-order valence-corrected chi connectivity index (χ3v) is 4.80. The number of ether oxygens (including phenoxy) is 1. The van der Waals surface area contributed by atoms with E-state index in [0.717, 1.165) is 22.2 Å². The van der Waals surface area contributed by atoms with Gasteiger partial charge in [0.1, 0.15) is 23.8 Å². The van der Waals surface area contributed by atoms with E-state index in [9.17, 15) is 4.79 Å². The van der Waals surface area contributed by atoms with Crippen LogP contribution in [-0.4, -0.2) is 39.7 Å². The van der Waals surface area contributed by atoms with Crippen molar-refractivity contribution in [1.82, 2.24) is 19.9 Å². The van der Waals surface area contributed by atoms with Crippen LogP contribution in [0.5, 0.6) is 0 Å². The van der Waals surface area contributed by atoms with E-state index in [2.05, 4.69) is 26.0 Å². The highest BCUT2D eigenvalue weighted by Crippen LogP contribution is 2.35. The molecular formula is C19H21N5O2. The normalized spacial score (nSPS) is 19.7. The largest absolute Gasteiger partial charge is 0.465 e. The predicted molar refractivity (Wildman–Crippen MR) is 99.5 cm³/mol. The Morgan fingerprint density at radius 2 is 2.15 bits per heavy atom. The number of esters is 1. The quantitative estimate of drug-likeness (QED) is 0.699. The van der Waals surface area contributed by atoms with Crippen LogP contribution in [0.2, 0.25) is 0 Å². The average molecular weight is 351 g/mol. The van der Waals surface area contributed by atoms with Gasteiger partial charge in [-0.3, -0.25) is 4.79 Å². The van der Waals surface area contributed by atoms with Crippen LogP contribution >= 0.6 is 0 Å². The molecule has 1 saturated heterocycles. The Bertz CT molecular complexity index is 938. The maximum atomic E-state index is 12.0. The molecule has 3 heterocycles. The highest BCUT2D eigenvalue weighted by atomic mass is 16.5. The van der Waals surface area contributed by atoms with Gasteiger partial charge in [-0.15, -0.1) is 0 Å². The van der Waals surface area contributed by atoms with Gasteiger partial charge in [0, 0.05) is 24.3 Å². The lowest BCUT2D eigenvalue weighted by Crippen LogP contribution is -2.32. The zero-order valence-corrected chi connectivity index (χ0v) is 14.6. The SMILES string of the molecule is CCOC(=O)[C@H]1C[C@@H](n2cc(-c3ccccc3)c3c(N)ncnc32)CN1. The van der Waals surface area contributed by atoms with Crippen LogP contribution in [0.4, 0.5) is 5.82 Å². The van der Waals surface area contributed by atoms with E-state index in [1.165, 1.54) is 6.33 Å². The van der Waals surface area contributed by atoms with Crippen molar-refractivity contribution >= 4 is 22.8 Å². The summed E-state index contributed by atoms with van der Waals surface area (Å²) in [7, 11) is 0. The number of carbonyl (C=O) groups is 1. The number of nitrogens with zero attached hydrogens (tertiary/aromatic N) is 3. The van der Waals surface area contributed by atoms with Gasteiger partial charge in [-0.25, -0.2) is 9.97 Å². The minimum atomic E-state index is -0.295. The molecule has 0 bridgehead atoms. The number of hydrogen-bond donors (Lipinski definition) is 2. The number of benzene rings is 1. The monoisotopic (exact) mass is 351 g/mol. The molecule has 2 aromatic heterocycles. The maximum absolute atomic E-state index is 12.0. The molecule has 0 unspecified atom stereocenters. The van der Waals surface area contributed by atoms with Gasteiger partial charge in [-0.05, 0) is 18.9 Å². The number of rotatable bonds is 4.